The minimum absolute atomic E-state index is 0.233. The van der Waals surface area contributed by atoms with Crippen LogP contribution in [0.2, 0.25) is 0 Å². The molecule has 1 aromatic heterocycles. The molecule has 1 aliphatic heterocycles. The number of fused-ring (bicyclic) bond motifs is 1. The molecule has 4 N–H and O–H groups in total. The Hall–Kier alpha value is -1.44. The van der Waals surface area contributed by atoms with E-state index in [9.17, 15) is 20.1 Å². The molecule has 4 atom stereocenters. The van der Waals surface area contributed by atoms with E-state index in [-0.39, 0.29) is 18.9 Å². The number of aliphatic hydroxyl groups excluding tert-OH is 3. The quantitative estimate of drug-likeness (QED) is 0.538. The number of carbonyl (C=O) groups excluding carboxylic acids is 1. The standard InChI is InChI=1S/C11H17N3O4/c1-2-7(16)13-8-10(18)9(17)6(5-15)14-4-3-12-11(8)14/h3-4,6,8-10,15,17-18H,2,5H2,1H3,(H,13,16)/t6-,8-,9-,10-/m1/s1. The van der Waals surface area contributed by atoms with Crippen molar-refractivity contribution in [3.8, 4) is 0 Å². The predicted octanol–water partition coefficient (Wildman–Crippen LogP) is -1.28. The van der Waals surface area contributed by atoms with E-state index >= 15 is 0 Å². The number of hydrogen-bond acceptors (Lipinski definition) is 5. The number of imidazole rings is 1. The number of nitrogens with zero attached hydrogens (tertiary/aromatic N) is 2. The van der Waals surface area contributed by atoms with E-state index in [1.54, 1.807) is 17.7 Å². The van der Waals surface area contributed by atoms with E-state index in [1.165, 1.54) is 6.20 Å². The van der Waals surface area contributed by atoms with Crippen LogP contribution in [-0.2, 0) is 4.79 Å². The fraction of sp³-hybridized carbons (Fsp3) is 0.636. The van der Waals surface area contributed by atoms with Crippen LogP contribution in [0.3, 0.4) is 0 Å². The molecule has 100 valence electrons. The molecule has 0 aliphatic carbocycles. The molecule has 18 heavy (non-hydrogen) atoms. The average Bonchev–Trinajstić information content (AvgIpc) is 2.84. The van der Waals surface area contributed by atoms with Crippen LogP contribution in [0, 0.1) is 0 Å². The summed E-state index contributed by atoms with van der Waals surface area (Å²) in [5.74, 6) is 0.205. The minimum atomic E-state index is -1.19. The molecule has 0 unspecified atom stereocenters. The minimum Gasteiger partial charge on any atom is -0.394 e. The van der Waals surface area contributed by atoms with Gasteiger partial charge in [0.15, 0.2) is 0 Å². The van der Waals surface area contributed by atoms with Gasteiger partial charge in [-0.2, -0.15) is 0 Å². The molecule has 0 radical (unpaired) electrons. The SMILES string of the molecule is CCC(=O)N[C@H]1c2nccn2[C@H](CO)[C@@H](O)[C@@H]1O. The van der Waals surface area contributed by atoms with Gasteiger partial charge in [-0.3, -0.25) is 4.79 Å². The molecule has 1 amide bonds. The normalized spacial score (nSPS) is 30.9. The van der Waals surface area contributed by atoms with Crippen LogP contribution < -0.4 is 5.32 Å². The fourth-order valence-corrected chi connectivity index (χ4v) is 2.21. The number of rotatable bonds is 3. The second-order valence-electron chi connectivity index (χ2n) is 4.32. The lowest BCUT2D eigenvalue weighted by Gasteiger charge is -2.38. The Kier molecular flexibility index (Phi) is 3.65. The van der Waals surface area contributed by atoms with Crippen molar-refractivity contribution in [2.45, 2.75) is 37.6 Å². The highest BCUT2D eigenvalue weighted by atomic mass is 16.3. The summed E-state index contributed by atoms with van der Waals surface area (Å²) in [6.07, 6.45) is 1.06. The lowest BCUT2D eigenvalue weighted by molar-refractivity contribution is -0.125. The van der Waals surface area contributed by atoms with Crippen molar-refractivity contribution in [1.82, 2.24) is 14.9 Å². The Bertz CT molecular complexity index is 434. The van der Waals surface area contributed by atoms with Gasteiger partial charge >= 0.3 is 0 Å². The van der Waals surface area contributed by atoms with Crippen molar-refractivity contribution < 1.29 is 20.1 Å². The molecule has 0 spiro atoms. The Balaban J connectivity index is 2.34. The summed E-state index contributed by atoms with van der Waals surface area (Å²) in [6, 6.07) is -1.41. The summed E-state index contributed by atoms with van der Waals surface area (Å²) in [4.78, 5) is 15.5. The van der Waals surface area contributed by atoms with Gasteiger partial charge in [0.1, 0.15) is 24.1 Å². The topological polar surface area (TPSA) is 108 Å². The van der Waals surface area contributed by atoms with Crippen molar-refractivity contribution in [2.75, 3.05) is 6.61 Å². The first kappa shape index (κ1) is 13.0. The lowest BCUT2D eigenvalue weighted by atomic mass is 9.94. The first-order valence-corrected chi connectivity index (χ1v) is 5.89. The third-order valence-electron chi connectivity index (χ3n) is 3.24. The fourth-order valence-electron chi connectivity index (χ4n) is 2.21. The molecule has 1 aliphatic rings. The molecule has 2 rings (SSSR count). The Morgan fingerprint density at radius 2 is 2.22 bits per heavy atom. The molecule has 0 saturated carbocycles. The van der Waals surface area contributed by atoms with E-state index in [2.05, 4.69) is 10.3 Å². The maximum atomic E-state index is 11.4. The van der Waals surface area contributed by atoms with Crippen molar-refractivity contribution in [3.05, 3.63) is 18.2 Å². The van der Waals surface area contributed by atoms with Crippen LogP contribution in [0.15, 0.2) is 12.4 Å². The summed E-state index contributed by atoms with van der Waals surface area (Å²) in [7, 11) is 0. The number of aromatic nitrogens is 2. The zero-order valence-electron chi connectivity index (χ0n) is 10.0. The van der Waals surface area contributed by atoms with E-state index in [0.717, 1.165) is 0 Å². The molecule has 7 heteroatoms. The highest BCUT2D eigenvalue weighted by Crippen LogP contribution is 2.31. The first-order valence-electron chi connectivity index (χ1n) is 5.89. The maximum Gasteiger partial charge on any atom is 0.220 e. The Morgan fingerprint density at radius 1 is 1.50 bits per heavy atom. The van der Waals surface area contributed by atoms with E-state index in [4.69, 9.17) is 0 Å². The van der Waals surface area contributed by atoms with Gasteiger partial charge in [-0.05, 0) is 0 Å². The number of amides is 1. The Morgan fingerprint density at radius 3 is 2.83 bits per heavy atom. The second-order valence-corrected chi connectivity index (χ2v) is 4.32. The molecule has 0 bridgehead atoms. The third-order valence-corrected chi connectivity index (χ3v) is 3.24. The first-order chi connectivity index (χ1) is 8.60. The summed E-state index contributed by atoms with van der Waals surface area (Å²) in [5.41, 5.74) is 0. The summed E-state index contributed by atoms with van der Waals surface area (Å²) in [6.45, 7) is 1.39. The molecule has 1 aromatic rings. The van der Waals surface area contributed by atoms with Gasteiger partial charge < -0.3 is 25.2 Å². The van der Waals surface area contributed by atoms with Crippen molar-refractivity contribution in [2.24, 2.45) is 0 Å². The van der Waals surface area contributed by atoms with Gasteiger partial charge in [0, 0.05) is 18.8 Å². The summed E-state index contributed by atoms with van der Waals surface area (Å²) in [5, 5.41) is 31.8. The molecule has 0 saturated heterocycles. The monoisotopic (exact) mass is 255 g/mol. The number of carbonyl (C=O) groups is 1. The third kappa shape index (κ3) is 2.00. The van der Waals surface area contributed by atoms with Gasteiger partial charge in [-0.25, -0.2) is 4.98 Å². The van der Waals surface area contributed by atoms with Crippen molar-refractivity contribution >= 4 is 5.91 Å². The average molecular weight is 255 g/mol. The van der Waals surface area contributed by atoms with Crippen LogP contribution in [-0.4, -0.2) is 49.6 Å². The highest BCUT2D eigenvalue weighted by Gasteiger charge is 2.42. The molecule has 0 fully saturated rings. The zero-order chi connectivity index (χ0) is 13.3. The van der Waals surface area contributed by atoms with Gasteiger partial charge in [0.2, 0.25) is 5.91 Å². The molecule has 7 nitrogen and oxygen atoms in total. The van der Waals surface area contributed by atoms with E-state index < -0.39 is 24.3 Å². The number of aliphatic hydroxyl groups is 3. The van der Waals surface area contributed by atoms with Gasteiger partial charge in [0.25, 0.3) is 0 Å². The van der Waals surface area contributed by atoms with E-state index in [0.29, 0.717) is 5.82 Å². The van der Waals surface area contributed by atoms with Crippen LogP contribution in [0.25, 0.3) is 0 Å². The molecule has 0 aromatic carbocycles. The maximum absolute atomic E-state index is 11.4. The van der Waals surface area contributed by atoms with Gasteiger partial charge in [-0.15, -0.1) is 0 Å². The van der Waals surface area contributed by atoms with Crippen LogP contribution in [0.5, 0.6) is 0 Å². The van der Waals surface area contributed by atoms with Crippen molar-refractivity contribution in [3.63, 3.8) is 0 Å². The van der Waals surface area contributed by atoms with Crippen LogP contribution in [0.1, 0.15) is 31.3 Å². The van der Waals surface area contributed by atoms with Crippen molar-refractivity contribution in [1.29, 1.82) is 0 Å². The van der Waals surface area contributed by atoms with Crippen LogP contribution in [0.4, 0.5) is 0 Å². The zero-order valence-corrected chi connectivity index (χ0v) is 10.0. The van der Waals surface area contributed by atoms with E-state index in [1.807, 2.05) is 0 Å². The Labute approximate surface area is 104 Å². The number of hydrogen-bond donors (Lipinski definition) is 4. The molecule has 2 heterocycles. The number of nitrogens with one attached hydrogen (secondary N) is 1. The van der Waals surface area contributed by atoms with Crippen LogP contribution >= 0.6 is 0 Å². The molecular weight excluding hydrogens is 238 g/mol. The lowest BCUT2D eigenvalue weighted by Crippen LogP contribution is -2.51. The van der Waals surface area contributed by atoms with Gasteiger partial charge in [-0.1, -0.05) is 6.92 Å². The highest BCUT2D eigenvalue weighted by molar-refractivity contribution is 5.76. The second kappa shape index (κ2) is 5.05. The van der Waals surface area contributed by atoms with Gasteiger partial charge in [0.05, 0.1) is 12.6 Å². The summed E-state index contributed by atoms with van der Waals surface area (Å²) < 4.78 is 1.58. The smallest absolute Gasteiger partial charge is 0.220 e. The predicted molar refractivity (Wildman–Crippen MR) is 61.5 cm³/mol. The largest absolute Gasteiger partial charge is 0.394 e. The molecular formula is C11H17N3O4. The summed E-state index contributed by atoms with van der Waals surface area (Å²) >= 11 is 0.